The van der Waals surface area contributed by atoms with Crippen LogP contribution in [0.3, 0.4) is 0 Å². The van der Waals surface area contributed by atoms with Gasteiger partial charge in [0.2, 0.25) is 0 Å². The van der Waals surface area contributed by atoms with Crippen molar-refractivity contribution in [1.29, 1.82) is 5.26 Å². The van der Waals surface area contributed by atoms with Gasteiger partial charge in [-0.25, -0.2) is 8.42 Å². The summed E-state index contributed by atoms with van der Waals surface area (Å²) < 4.78 is 25.7. The predicted octanol–water partition coefficient (Wildman–Crippen LogP) is 0.776. The molecule has 2 N–H and O–H groups in total. The van der Waals surface area contributed by atoms with E-state index in [9.17, 15) is 13.2 Å². The highest BCUT2D eigenvalue weighted by molar-refractivity contribution is 7.91. The van der Waals surface area contributed by atoms with Crippen LogP contribution in [-0.2, 0) is 16.4 Å². The zero-order valence-electron chi connectivity index (χ0n) is 11.1. The molecule has 6 nitrogen and oxygen atoms in total. The maximum absolute atomic E-state index is 12.2. The van der Waals surface area contributed by atoms with E-state index in [2.05, 4.69) is 0 Å². The molecular formula is C14H13N3O3S. The lowest BCUT2D eigenvalue weighted by Gasteiger charge is -2.08. The SMILES string of the molecule is N#Cc1cccc(S(=O)(=O)CCn2cc(N)ccc2=O)c1. The first-order valence-electron chi connectivity index (χ1n) is 6.11. The quantitative estimate of drug-likeness (QED) is 0.898. The van der Waals surface area contributed by atoms with Crippen LogP contribution < -0.4 is 11.3 Å². The van der Waals surface area contributed by atoms with Crippen LogP contribution in [0.2, 0.25) is 0 Å². The van der Waals surface area contributed by atoms with Gasteiger partial charge in [0.15, 0.2) is 9.84 Å². The Morgan fingerprint density at radius 2 is 2.00 bits per heavy atom. The summed E-state index contributed by atoms with van der Waals surface area (Å²) in [4.78, 5) is 11.7. The van der Waals surface area contributed by atoms with Gasteiger partial charge in [0.1, 0.15) is 0 Å². The molecule has 0 atom stereocenters. The van der Waals surface area contributed by atoms with E-state index in [1.807, 2.05) is 6.07 Å². The van der Waals surface area contributed by atoms with Gasteiger partial charge in [0.25, 0.3) is 5.56 Å². The molecule has 0 fully saturated rings. The number of benzene rings is 1. The van der Waals surface area contributed by atoms with Crippen LogP contribution in [0.5, 0.6) is 0 Å². The van der Waals surface area contributed by atoms with Gasteiger partial charge in [-0.15, -0.1) is 0 Å². The number of pyridine rings is 1. The van der Waals surface area contributed by atoms with Crippen molar-refractivity contribution in [3.63, 3.8) is 0 Å². The number of rotatable bonds is 4. The predicted molar refractivity (Wildman–Crippen MR) is 78.3 cm³/mol. The minimum absolute atomic E-state index is 0.00296. The molecule has 1 aromatic carbocycles. The first-order valence-corrected chi connectivity index (χ1v) is 7.76. The van der Waals surface area contributed by atoms with Gasteiger partial charge in [0, 0.05) is 24.5 Å². The zero-order chi connectivity index (χ0) is 15.5. The molecule has 0 radical (unpaired) electrons. The summed E-state index contributed by atoms with van der Waals surface area (Å²) in [5.74, 6) is -0.245. The number of hydrogen-bond acceptors (Lipinski definition) is 5. The van der Waals surface area contributed by atoms with Crippen molar-refractivity contribution in [1.82, 2.24) is 4.57 Å². The van der Waals surface area contributed by atoms with Gasteiger partial charge in [-0.3, -0.25) is 4.79 Å². The molecule has 7 heteroatoms. The lowest BCUT2D eigenvalue weighted by molar-refractivity contribution is 0.587. The fraction of sp³-hybridized carbons (Fsp3) is 0.143. The minimum Gasteiger partial charge on any atom is -0.398 e. The lowest BCUT2D eigenvalue weighted by atomic mass is 10.2. The lowest BCUT2D eigenvalue weighted by Crippen LogP contribution is -2.23. The highest BCUT2D eigenvalue weighted by Gasteiger charge is 2.15. The standard InChI is InChI=1S/C14H13N3O3S/c15-9-11-2-1-3-13(8-11)21(19,20)7-6-17-10-12(16)4-5-14(17)18/h1-5,8,10H,6-7,16H2. The second-order valence-electron chi connectivity index (χ2n) is 4.45. The van der Waals surface area contributed by atoms with Crippen LogP contribution in [0.4, 0.5) is 5.69 Å². The summed E-state index contributed by atoms with van der Waals surface area (Å²) in [6.45, 7) is 0.00296. The number of hydrogen-bond donors (Lipinski definition) is 1. The molecule has 2 rings (SSSR count). The summed E-state index contributed by atoms with van der Waals surface area (Å²) in [6, 6.07) is 10.4. The van der Waals surface area contributed by atoms with Gasteiger partial charge in [0.05, 0.1) is 22.3 Å². The van der Waals surface area contributed by atoms with E-state index >= 15 is 0 Å². The fourth-order valence-electron chi connectivity index (χ4n) is 1.82. The Morgan fingerprint density at radius 3 is 2.71 bits per heavy atom. The van der Waals surface area contributed by atoms with Crippen molar-refractivity contribution in [2.45, 2.75) is 11.4 Å². The molecule has 108 valence electrons. The number of sulfone groups is 1. The average Bonchev–Trinajstić information content (AvgIpc) is 2.48. The number of anilines is 1. The van der Waals surface area contributed by atoms with Crippen LogP contribution in [0.15, 0.2) is 52.3 Å². The van der Waals surface area contributed by atoms with Crippen LogP contribution >= 0.6 is 0 Å². The highest BCUT2D eigenvalue weighted by Crippen LogP contribution is 2.13. The molecular weight excluding hydrogens is 290 g/mol. The summed E-state index contributed by atoms with van der Waals surface area (Å²) in [6.07, 6.45) is 1.41. The second kappa shape index (κ2) is 5.81. The Balaban J connectivity index is 2.24. The summed E-state index contributed by atoms with van der Waals surface area (Å²) in [5, 5.41) is 8.80. The van der Waals surface area contributed by atoms with Gasteiger partial charge in [-0.2, -0.15) is 5.26 Å². The maximum Gasteiger partial charge on any atom is 0.250 e. The van der Waals surface area contributed by atoms with E-state index in [4.69, 9.17) is 11.0 Å². The van der Waals surface area contributed by atoms with Crippen molar-refractivity contribution in [2.24, 2.45) is 0 Å². The summed E-state index contributed by atoms with van der Waals surface area (Å²) in [5.41, 5.74) is 5.92. The monoisotopic (exact) mass is 303 g/mol. The molecule has 0 aliphatic heterocycles. The van der Waals surface area contributed by atoms with E-state index in [0.29, 0.717) is 5.69 Å². The molecule has 0 saturated carbocycles. The third kappa shape index (κ3) is 3.49. The van der Waals surface area contributed by atoms with E-state index in [-0.39, 0.29) is 28.3 Å². The largest absolute Gasteiger partial charge is 0.398 e. The van der Waals surface area contributed by atoms with Crippen molar-refractivity contribution < 1.29 is 8.42 Å². The van der Waals surface area contributed by atoms with Crippen LogP contribution in [0.1, 0.15) is 5.56 Å². The first kappa shape index (κ1) is 14.8. The Kier molecular flexibility index (Phi) is 4.10. The van der Waals surface area contributed by atoms with Gasteiger partial charge >= 0.3 is 0 Å². The Bertz CT molecular complexity index is 864. The first-order chi connectivity index (χ1) is 9.92. The molecule has 1 aromatic heterocycles. The van der Waals surface area contributed by atoms with Gasteiger partial charge in [-0.05, 0) is 24.3 Å². The molecule has 0 spiro atoms. The molecule has 0 unspecified atom stereocenters. The maximum atomic E-state index is 12.2. The molecule has 0 bridgehead atoms. The zero-order valence-corrected chi connectivity index (χ0v) is 11.9. The van der Waals surface area contributed by atoms with Crippen molar-refractivity contribution in [3.8, 4) is 6.07 Å². The highest BCUT2D eigenvalue weighted by atomic mass is 32.2. The Morgan fingerprint density at radius 1 is 1.24 bits per heavy atom. The molecule has 0 saturated heterocycles. The van der Waals surface area contributed by atoms with Gasteiger partial charge < -0.3 is 10.3 Å². The van der Waals surface area contributed by atoms with Crippen LogP contribution in [-0.4, -0.2) is 18.7 Å². The smallest absolute Gasteiger partial charge is 0.250 e. The fourth-order valence-corrected chi connectivity index (χ4v) is 3.09. The van der Waals surface area contributed by atoms with E-state index in [1.165, 1.54) is 47.2 Å². The average molecular weight is 303 g/mol. The Hall–Kier alpha value is -2.59. The van der Waals surface area contributed by atoms with Crippen LogP contribution in [0.25, 0.3) is 0 Å². The number of nitrogen functional groups attached to an aromatic ring is 1. The number of nitriles is 1. The topological polar surface area (TPSA) is 106 Å². The molecule has 1 heterocycles. The number of aromatic nitrogens is 1. The number of nitrogens with zero attached hydrogens (tertiary/aromatic N) is 2. The third-order valence-corrected chi connectivity index (χ3v) is 4.62. The number of aryl methyl sites for hydroxylation is 1. The van der Waals surface area contributed by atoms with E-state index in [0.717, 1.165) is 0 Å². The van der Waals surface area contributed by atoms with Gasteiger partial charge in [-0.1, -0.05) is 6.07 Å². The van der Waals surface area contributed by atoms with Crippen molar-refractivity contribution >= 4 is 15.5 Å². The molecule has 0 amide bonds. The van der Waals surface area contributed by atoms with E-state index < -0.39 is 9.84 Å². The summed E-state index contributed by atoms with van der Waals surface area (Å²) >= 11 is 0. The van der Waals surface area contributed by atoms with E-state index in [1.54, 1.807) is 0 Å². The molecule has 21 heavy (non-hydrogen) atoms. The molecule has 0 aliphatic rings. The molecule has 0 aliphatic carbocycles. The Labute approximate surface area is 122 Å². The van der Waals surface area contributed by atoms with Crippen molar-refractivity contribution in [2.75, 3.05) is 11.5 Å². The third-order valence-electron chi connectivity index (χ3n) is 2.93. The van der Waals surface area contributed by atoms with Crippen molar-refractivity contribution in [3.05, 3.63) is 58.5 Å². The normalized spacial score (nSPS) is 11.0. The number of nitrogens with two attached hydrogens (primary N) is 1. The van der Waals surface area contributed by atoms with Crippen LogP contribution in [0, 0.1) is 11.3 Å². The summed E-state index contributed by atoms with van der Waals surface area (Å²) in [7, 11) is -3.57. The second-order valence-corrected chi connectivity index (χ2v) is 6.56. The minimum atomic E-state index is -3.57. The molecule has 2 aromatic rings.